The third kappa shape index (κ3) is 9.37. The van der Waals surface area contributed by atoms with E-state index in [1.807, 2.05) is 0 Å². The van der Waals surface area contributed by atoms with Crippen LogP contribution in [0.15, 0.2) is 109 Å². The highest BCUT2D eigenvalue weighted by Gasteiger charge is 2.25. The van der Waals surface area contributed by atoms with Crippen molar-refractivity contribution in [2.75, 3.05) is 16.5 Å². The number of hydrogen-bond acceptors (Lipinski definition) is 5. The van der Waals surface area contributed by atoms with Crippen molar-refractivity contribution >= 4 is 23.0 Å². The van der Waals surface area contributed by atoms with Crippen LogP contribution in [-0.2, 0) is 25.7 Å². The van der Waals surface area contributed by atoms with Gasteiger partial charge in [-0.3, -0.25) is 9.91 Å². The Hall–Kier alpha value is -4.38. The van der Waals surface area contributed by atoms with Crippen LogP contribution in [0.25, 0.3) is 0 Å². The molecule has 2 aromatic carbocycles. The van der Waals surface area contributed by atoms with E-state index in [4.69, 9.17) is 9.97 Å². The summed E-state index contributed by atoms with van der Waals surface area (Å²) in [6.45, 7) is 9.66. The van der Waals surface area contributed by atoms with Gasteiger partial charge in [0, 0.05) is 29.0 Å². The van der Waals surface area contributed by atoms with E-state index in [2.05, 4.69) is 146 Å². The van der Waals surface area contributed by atoms with Crippen molar-refractivity contribution in [3.63, 3.8) is 0 Å². The minimum absolute atomic E-state index is 0.663. The second-order valence-corrected chi connectivity index (χ2v) is 13.0. The summed E-state index contributed by atoms with van der Waals surface area (Å²) in [4.78, 5) is 12.8. The molecule has 0 radical (unpaired) electrons. The first-order valence-electron chi connectivity index (χ1n) is 18.5. The highest BCUT2D eigenvalue weighted by molar-refractivity contribution is 5.68. The molecule has 1 aliphatic heterocycles. The molecule has 0 spiro atoms. The van der Waals surface area contributed by atoms with Gasteiger partial charge >= 0.3 is 0 Å². The van der Waals surface area contributed by atoms with Crippen LogP contribution in [0.5, 0.6) is 0 Å². The number of benzene rings is 2. The molecule has 48 heavy (non-hydrogen) atoms. The van der Waals surface area contributed by atoms with Crippen LogP contribution in [-0.4, -0.2) is 21.5 Å². The Balaban J connectivity index is 1.55. The molecule has 0 N–H and O–H groups in total. The fourth-order valence-electron chi connectivity index (χ4n) is 6.29. The molecular weight excluding hydrogens is 587 g/mol. The average molecular weight is 642 g/mol. The fraction of sp³-hybridized carbons (Fsp3) is 0.395. The van der Waals surface area contributed by atoms with E-state index >= 15 is 0 Å². The Morgan fingerprint density at radius 2 is 1.10 bits per heavy atom. The van der Waals surface area contributed by atoms with Gasteiger partial charge in [0.15, 0.2) is 5.82 Å². The quantitative estimate of drug-likeness (QED) is 0.108. The maximum Gasteiger partial charge on any atom is 0.152 e. The van der Waals surface area contributed by atoms with Crippen LogP contribution >= 0.6 is 0 Å². The summed E-state index contributed by atoms with van der Waals surface area (Å²) < 4.78 is 0. The Kier molecular flexibility index (Phi) is 13.3. The zero-order valence-electron chi connectivity index (χ0n) is 29.7. The molecule has 5 heteroatoms. The van der Waals surface area contributed by atoms with E-state index in [0.29, 0.717) is 6.54 Å². The standard InChI is InChI=1S/C43H55N5/c1-5-9-18-35-20-13-26-39(32-35)47(42-29-15-24-37(44-42)22-11-7-3)41-28-17-31-46(34-41)48(40-27-14-21-36(33-40)19-10-6-2)43-30-16-25-38(45-43)23-12-8-4/h13-17,20-21,24-33H,5-12,18-19,22-23,34H2,1-4H3. The fourth-order valence-corrected chi connectivity index (χ4v) is 6.29. The number of aryl methyl sites for hydroxylation is 4. The minimum Gasteiger partial charge on any atom is -0.297 e. The lowest BCUT2D eigenvalue weighted by atomic mass is 10.1. The molecule has 0 fully saturated rings. The Labute approximate surface area is 290 Å². The minimum atomic E-state index is 0.663. The highest BCUT2D eigenvalue weighted by Crippen LogP contribution is 2.35. The van der Waals surface area contributed by atoms with Gasteiger partial charge in [-0.15, -0.1) is 0 Å². The molecule has 0 saturated carbocycles. The molecule has 0 atom stereocenters. The normalized spacial score (nSPS) is 12.7. The van der Waals surface area contributed by atoms with Gasteiger partial charge in [-0.25, -0.2) is 15.0 Å². The van der Waals surface area contributed by atoms with Crippen LogP contribution < -0.4 is 9.91 Å². The van der Waals surface area contributed by atoms with Gasteiger partial charge in [0.05, 0.1) is 12.2 Å². The van der Waals surface area contributed by atoms with Crippen molar-refractivity contribution < 1.29 is 0 Å². The molecule has 1 aliphatic rings. The first-order valence-corrected chi connectivity index (χ1v) is 18.5. The second-order valence-electron chi connectivity index (χ2n) is 13.0. The Bertz CT molecular complexity index is 1540. The molecule has 0 unspecified atom stereocenters. The van der Waals surface area contributed by atoms with Crippen molar-refractivity contribution in [1.29, 1.82) is 0 Å². The summed E-state index contributed by atoms with van der Waals surface area (Å²) in [5.74, 6) is 1.90. The zero-order valence-corrected chi connectivity index (χ0v) is 29.7. The molecule has 0 saturated heterocycles. The molecule has 5 rings (SSSR count). The van der Waals surface area contributed by atoms with E-state index in [0.717, 1.165) is 85.8 Å². The summed E-state index contributed by atoms with van der Waals surface area (Å²) in [7, 11) is 0. The third-order valence-electron chi connectivity index (χ3n) is 8.98. The number of hydrogen-bond donors (Lipinski definition) is 0. The summed E-state index contributed by atoms with van der Waals surface area (Å²) in [5, 5.41) is 4.62. The number of aromatic nitrogens is 2. The number of anilines is 4. The van der Waals surface area contributed by atoms with E-state index in [9.17, 15) is 0 Å². The monoisotopic (exact) mass is 641 g/mol. The van der Waals surface area contributed by atoms with Gasteiger partial charge in [0.25, 0.3) is 0 Å². The third-order valence-corrected chi connectivity index (χ3v) is 8.98. The second kappa shape index (κ2) is 18.2. The van der Waals surface area contributed by atoms with Gasteiger partial charge in [-0.2, -0.15) is 0 Å². The van der Waals surface area contributed by atoms with Gasteiger partial charge in [-0.05, 0) is 123 Å². The van der Waals surface area contributed by atoms with Gasteiger partial charge in [0.1, 0.15) is 5.82 Å². The average Bonchev–Trinajstić information content (AvgIpc) is 3.12. The molecule has 4 aromatic rings. The molecule has 5 nitrogen and oxygen atoms in total. The first-order chi connectivity index (χ1) is 23.6. The lowest BCUT2D eigenvalue weighted by molar-refractivity contribution is 0.404. The number of rotatable bonds is 18. The molecule has 2 aromatic heterocycles. The predicted molar refractivity (Wildman–Crippen MR) is 204 cm³/mol. The van der Waals surface area contributed by atoms with E-state index in [1.54, 1.807) is 0 Å². The SMILES string of the molecule is CCCCc1cccc(N(C2=CC=CN(N(c3cccc(CCCC)c3)c3cccc(CCCC)n3)C2)c2cccc(CCCC)n2)c1. The molecule has 3 heterocycles. The Morgan fingerprint density at radius 3 is 1.73 bits per heavy atom. The molecule has 0 amide bonds. The predicted octanol–water partition coefficient (Wildman–Crippen LogP) is 11.5. The van der Waals surface area contributed by atoms with Crippen LogP contribution in [0.3, 0.4) is 0 Å². The lowest BCUT2D eigenvalue weighted by Crippen LogP contribution is -2.41. The smallest absolute Gasteiger partial charge is 0.152 e. The van der Waals surface area contributed by atoms with Crippen LogP contribution in [0.2, 0.25) is 0 Å². The van der Waals surface area contributed by atoms with Gasteiger partial charge in [0.2, 0.25) is 0 Å². The van der Waals surface area contributed by atoms with Gasteiger partial charge < -0.3 is 0 Å². The lowest BCUT2D eigenvalue weighted by Gasteiger charge is -2.39. The topological polar surface area (TPSA) is 35.5 Å². The largest absolute Gasteiger partial charge is 0.297 e. The van der Waals surface area contributed by atoms with Crippen LogP contribution in [0.4, 0.5) is 23.0 Å². The van der Waals surface area contributed by atoms with E-state index in [-0.39, 0.29) is 0 Å². The highest BCUT2D eigenvalue weighted by atomic mass is 15.6. The molecule has 252 valence electrons. The summed E-state index contributed by atoms with van der Waals surface area (Å²) >= 11 is 0. The first kappa shape index (κ1) is 34.9. The molecule has 0 aliphatic carbocycles. The van der Waals surface area contributed by atoms with Crippen molar-refractivity contribution in [3.8, 4) is 0 Å². The summed E-state index contributed by atoms with van der Waals surface area (Å²) in [6, 6.07) is 31.0. The molecule has 0 bridgehead atoms. The van der Waals surface area contributed by atoms with Crippen molar-refractivity contribution in [2.45, 2.75) is 105 Å². The number of hydrazine groups is 1. The summed E-state index contributed by atoms with van der Waals surface area (Å²) in [5.41, 5.74) is 8.45. The van der Waals surface area contributed by atoms with Gasteiger partial charge in [-0.1, -0.05) is 89.8 Å². The Morgan fingerprint density at radius 1 is 0.583 bits per heavy atom. The van der Waals surface area contributed by atoms with Crippen molar-refractivity contribution in [1.82, 2.24) is 15.0 Å². The summed E-state index contributed by atoms with van der Waals surface area (Å²) in [6.07, 6.45) is 20.0. The van der Waals surface area contributed by atoms with E-state index < -0.39 is 0 Å². The van der Waals surface area contributed by atoms with Crippen LogP contribution in [0.1, 0.15) is 102 Å². The molecular formula is C43H55N5. The zero-order chi connectivity index (χ0) is 33.6. The van der Waals surface area contributed by atoms with Crippen molar-refractivity contribution in [3.05, 3.63) is 131 Å². The van der Waals surface area contributed by atoms with Crippen molar-refractivity contribution in [2.24, 2.45) is 0 Å². The maximum absolute atomic E-state index is 5.24. The number of nitrogens with zero attached hydrogens (tertiary/aromatic N) is 5. The number of pyridine rings is 2. The van der Waals surface area contributed by atoms with Crippen LogP contribution in [0, 0.1) is 0 Å². The number of unbranched alkanes of at least 4 members (excludes halogenated alkanes) is 4. The maximum atomic E-state index is 5.24. The number of allylic oxidation sites excluding steroid dienone is 2. The van der Waals surface area contributed by atoms with E-state index in [1.165, 1.54) is 42.5 Å².